The van der Waals surface area contributed by atoms with Crippen LogP contribution in [-0.2, 0) is 0 Å². The fourth-order valence-electron chi connectivity index (χ4n) is 2.40. The first-order chi connectivity index (χ1) is 8.88. The minimum Gasteiger partial charge on any atom is -0.493 e. The largest absolute Gasteiger partial charge is 0.493 e. The first kappa shape index (κ1) is 13.8. The topological polar surface area (TPSA) is 35.2 Å². The fraction of sp³-hybridized carbons (Fsp3) is 0.600. The highest BCUT2D eigenvalue weighted by molar-refractivity contribution is 7.99. The third kappa shape index (κ3) is 4.54. The van der Waals surface area contributed by atoms with Crippen molar-refractivity contribution in [2.45, 2.75) is 37.0 Å². The Bertz CT molecular complexity index is 350. The Hall–Kier alpha value is -0.670. The number of rotatable bonds is 6. The maximum Gasteiger partial charge on any atom is 0.120 e. The molecule has 0 heterocycles. The number of thioether (sulfide) groups is 1. The summed E-state index contributed by atoms with van der Waals surface area (Å²) in [5.74, 6) is 2.73. The molecular formula is C15H23NOS. The van der Waals surface area contributed by atoms with E-state index in [1.54, 1.807) is 11.8 Å². The highest BCUT2D eigenvalue weighted by Gasteiger charge is 2.13. The molecule has 100 valence electrons. The molecule has 2 rings (SSSR count). The van der Waals surface area contributed by atoms with Gasteiger partial charge in [0, 0.05) is 17.2 Å². The molecule has 0 amide bonds. The lowest BCUT2D eigenvalue weighted by Gasteiger charge is -2.21. The van der Waals surface area contributed by atoms with E-state index in [-0.39, 0.29) is 0 Å². The Morgan fingerprint density at radius 2 is 2.06 bits per heavy atom. The molecule has 1 fully saturated rings. The number of nitrogens with two attached hydrogens (primary N) is 1. The maximum atomic E-state index is 5.92. The average molecular weight is 265 g/mol. The Morgan fingerprint density at radius 1 is 1.22 bits per heavy atom. The summed E-state index contributed by atoms with van der Waals surface area (Å²) in [6.07, 6.45) is 6.83. The summed E-state index contributed by atoms with van der Waals surface area (Å²) in [7, 11) is 0. The summed E-state index contributed by atoms with van der Waals surface area (Å²) in [4.78, 5) is 1.25. The maximum absolute atomic E-state index is 5.92. The van der Waals surface area contributed by atoms with Crippen LogP contribution in [0.15, 0.2) is 29.2 Å². The van der Waals surface area contributed by atoms with Crippen LogP contribution in [0.1, 0.15) is 32.1 Å². The van der Waals surface area contributed by atoms with Gasteiger partial charge in [-0.3, -0.25) is 0 Å². The van der Waals surface area contributed by atoms with Crippen LogP contribution >= 0.6 is 11.8 Å². The van der Waals surface area contributed by atoms with Crippen LogP contribution < -0.4 is 10.5 Å². The minimum absolute atomic E-state index is 0.720. The van der Waals surface area contributed by atoms with Crippen molar-refractivity contribution in [2.75, 3.05) is 18.9 Å². The molecular weight excluding hydrogens is 242 g/mol. The zero-order valence-electron chi connectivity index (χ0n) is 10.9. The molecule has 0 atom stereocenters. The average Bonchev–Trinajstić information content (AvgIpc) is 2.44. The molecule has 0 bridgehead atoms. The third-order valence-electron chi connectivity index (χ3n) is 3.40. The first-order valence-electron chi connectivity index (χ1n) is 6.94. The van der Waals surface area contributed by atoms with E-state index in [1.165, 1.54) is 37.0 Å². The van der Waals surface area contributed by atoms with Gasteiger partial charge in [-0.1, -0.05) is 25.3 Å². The Morgan fingerprint density at radius 3 is 2.83 bits per heavy atom. The van der Waals surface area contributed by atoms with Crippen molar-refractivity contribution in [1.29, 1.82) is 0 Å². The zero-order valence-corrected chi connectivity index (χ0v) is 11.8. The van der Waals surface area contributed by atoms with E-state index in [0.29, 0.717) is 0 Å². The molecule has 1 aliphatic carbocycles. The SMILES string of the molecule is NCCSc1cccc(OCC2CCCCC2)c1. The molecule has 1 aromatic rings. The summed E-state index contributed by atoms with van der Waals surface area (Å²) in [6, 6.07) is 8.36. The van der Waals surface area contributed by atoms with Crippen LogP contribution in [0.5, 0.6) is 5.75 Å². The van der Waals surface area contributed by atoms with Crippen LogP contribution in [0.25, 0.3) is 0 Å². The Labute approximate surface area is 114 Å². The summed E-state index contributed by atoms with van der Waals surface area (Å²) in [6.45, 7) is 1.60. The quantitative estimate of drug-likeness (QED) is 0.797. The monoisotopic (exact) mass is 265 g/mol. The van der Waals surface area contributed by atoms with Crippen molar-refractivity contribution >= 4 is 11.8 Å². The molecule has 1 aliphatic rings. The highest BCUT2D eigenvalue weighted by Crippen LogP contribution is 2.26. The normalized spacial score (nSPS) is 16.7. The van der Waals surface area contributed by atoms with E-state index in [9.17, 15) is 0 Å². The molecule has 2 nitrogen and oxygen atoms in total. The zero-order chi connectivity index (χ0) is 12.6. The Kier molecular flexibility index (Phi) is 5.88. The van der Waals surface area contributed by atoms with Crippen LogP contribution in [-0.4, -0.2) is 18.9 Å². The predicted octanol–water partition coefficient (Wildman–Crippen LogP) is 3.70. The lowest BCUT2D eigenvalue weighted by atomic mass is 9.90. The lowest BCUT2D eigenvalue weighted by molar-refractivity contribution is 0.208. The number of benzene rings is 1. The van der Waals surface area contributed by atoms with Crippen molar-refractivity contribution < 1.29 is 4.74 Å². The molecule has 3 heteroatoms. The molecule has 0 aromatic heterocycles. The predicted molar refractivity (Wildman–Crippen MR) is 78.3 cm³/mol. The van der Waals surface area contributed by atoms with Gasteiger partial charge in [0.2, 0.25) is 0 Å². The van der Waals surface area contributed by atoms with Crippen LogP contribution in [0.3, 0.4) is 0 Å². The van der Waals surface area contributed by atoms with Crippen molar-refractivity contribution in [2.24, 2.45) is 11.7 Å². The lowest BCUT2D eigenvalue weighted by Crippen LogP contribution is -2.15. The second-order valence-corrected chi connectivity index (χ2v) is 6.10. The number of hydrogen-bond acceptors (Lipinski definition) is 3. The first-order valence-corrected chi connectivity index (χ1v) is 7.93. The summed E-state index contributed by atoms with van der Waals surface area (Å²) in [5.41, 5.74) is 5.52. The van der Waals surface area contributed by atoms with E-state index in [4.69, 9.17) is 10.5 Å². The van der Waals surface area contributed by atoms with Gasteiger partial charge in [0.15, 0.2) is 0 Å². The number of hydrogen-bond donors (Lipinski definition) is 1. The molecule has 0 radical (unpaired) electrons. The molecule has 1 aromatic carbocycles. The van der Waals surface area contributed by atoms with Crippen molar-refractivity contribution in [3.63, 3.8) is 0 Å². The van der Waals surface area contributed by atoms with Gasteiger partial charge in [0.1, 0.15) is 5.75 Å². The Balaban J connectivity index is 1.80. The van der Waals surface area contributed by atoms with Gasteiger partial charge in [-0.15, -0.1) is 11.8 Å². The minimum atomic E-state index is 0.720. The molecule has 2 N–H and O–H groups in total. The van der Waals surface area contributed by atoms with E-state index < -0.39 is 0 Å². The van der Waals surface area contributed by atoms with Gasteiger partial charge in [-0.25, -0.2) is 0 Å². The van der Waals surface area contributed by atoms with Gasteiger partial charge in [-0.05, 0) is 37.0 Å². The van der Waals surface area contributed by atoms with E-state index in [0.717, 1.165) is 30.6 Å². The molecule has 0 unspecified atom stereocenters. The van der Waals surface area contributed by atoms with Crippen LogP contribution in [0, 0.1) is 5.92 Å². The summed E-state index contributed by atoms with van der Waals surface area (Å²) in [5, 5.41) is 0. The van der Waals surface area contributed by atoms with E-state index in [1.807, 2.05) is 0 Å². The van der Waals surface area contributed by atoms with Crippen molar-refractivity contribution in [3.8, 4) is 5.75 Å². The molecule has 0 saturated heterocycles. The van der Waals surface area contributed by atoms with Gasteiger partial charge < -0.3 is 10.5 Å². The third-order valence-corrected chi connectivity index (χ3v) is 4.43. The molecule has 0 aliphatic heterocycles. The van der Waals surface area contributed by atoms with Crippen molar-refractivity contribution in [1.82, 2.24) is 0 Å². The second kappa shape index (κ2) is 7.70. The summed E-state index contributed by atoms with van der Waals surface area (Å²) >= 11 is 1.79. The van der Waals surface area contributed by atoms with E-state index >= 15 is 0 Å². The number of ether oxygens (including phenoxy) is 1. The smallest absolute Gasteiger partial charge is 0.120 e. The standard InChI is InChI=1S/C15H23NOS/c16-9-10-18-15-8-4-7-14(11-15)17-12-13-5-2-1-3-6-13/h4,7-8,11,13H,1-3,5-6,9-10,12,16H2. The van der Waals surface area contributed by atoms with Crippen LogP contribution in [0.4, 0.5) is 0 Å². The summed E-state index contributed by atoms with van der Waals surface area (Å²) < 4.78 is 5.92. The van der Waals surface area contributed by atoms with E-state index in [2.05, 4.69) is 24.3 Å². The molecule has 1 saturated carbocycles. The van der Waals surface area contributed by atoms with Gasteiger partial charge in [-0.2, -0.15) is 0 Å². The van der Waals surface area contributed by atoms with Crippen molar-refractivity contribution in [3.05, 3.63) is 24.3 Å². The van der Waals surface area contributed by atoms with Gasteiger partial charge >= 0.3 is 0 Å². The highest BCUT2D eigenvalue weighted by atomic mass is 32.2. The van der Waals surface area contributed by atoms with Gasteiger partial charge in [0.05, 0.1) is 6.61 Å². The van der Waals surface area contributed by atoms with Gasteiger partial charge in [0.25, 0.3) is 0 Å². The fourth-order valence-corrected chi connectivity index (χ4v) is 3.13. The van der Waals surface area contributed by atoms with Crippen LogP contribution in [0.2, 0.25) is 0 Å². The second-order valence-electron chi connectivity index (χ2n) is 4.93. The molecule has 0 spiro atoms. The molecule has 18 heavy (non-hydrogen) atoms.